The van der Waals surface area contributed by atoms with E-state index in [1.807, 2.05) is 43.3 Å². The number of aliphatic hydroxyl groups excluding tert-OH is 1. The summed E-state index contributed by atoms with van der Waals surface area (Å²) in [6.07, 6.45) is 1.56. The highest BCUT2D eigenvalue weighted by molar-refractivity contribution is 9.10. The van der Waals surface area contributed by atoms with Crippen LogP contribution >= 0.6 is 15.9 Å². The van der Waals surface area contributed by atoms with Crippen LogP contribution in [-0.4, -0.2) is 58.9 Å². The van der Waals surface area contributed by atoms with E-state index in [2.05, 4.69) is 34.7 Å². The van der Waals surface area contributed by atoms with Gasteiger partial charge in [0.05, 0.1) is 11.6 Å². The average molecular weight is 527 g/mol. The number of likely N-dealkylation sites (tertiary alicyclic amines) is 1. The number of hydrogen-bond donors (Lipinski definition) is 1. The number of carbonyl (C=O) groups excluding carboxylic acids is 2. The predicted molar refractivity (Wildman–Crippen MR) is 136 cm³/mol. The number of ketones is 1. The molecule has 0 bridgehead atoms. The zero-order valence-corrected chi connectivity index (χ0v) is 21.5. The molecule has 0 aliphatic carbocycles. The molecule has 2 atom stereocenters. The second kappa shape index (κ2) is 10.3. The lowest BCUT2D eigenvalue weighted by Gasteiger charge is -2.27. The van der Waals surface area contributed by atoms with Crippen molar-refractivity contribution in [1.82, 2.24) is 9.80 Å². The van der Waals surface area contributed by atoms with Crippen LogP contribution in [0.5, 0.6) is 5.75 Å². The summed E-state index contributed by atoms with van der Waals surface area (Å²) >= 11 is 3.45. The lowest BCUT2D eigenvalue weighted by atomic mass is 9.94. The second-order valence-corrected chi connectivity index (χ2v) is 9.80. The Morgan fingerprint density at radius 3 is 2.53 bits per heavy atom. The third-order valence-electron chi connectivity index (χ3n) is 6.66. The Morgan fingerprint density at radius 2 is 1.85 bits per heavy atom. The van der Waals surface area contributed by atoms with E-state index in [1.54, 1.807) is 11.0 Å². The zero-order valence-electron chi connectivity index (χ0n) is 19.9. The van der Waals surface area contributed by atoms with Crippen LogP contribution in [0.15, 0.2) is 52.5 Å². The summed E-state index contributed by atoms with van der Waals surface area (Å²) in [4.78, 5) is 30.3. The molecule has 2 heterocycles. The molecule has 1 N–H and O–H groups in total. The highest BCUT2D eigenvalue weighted by Gasteiger charge is 2.45. The quantitative estimate of drug-likeness (QED) is 0.300. The van der Waals surface area contributed by atoms with Crippen molar-refractivity contribution < 1.29 is 19.4 Å². The van der Waals surface area contributed by atoms with Gasteiger partial charge in [0.1, 0.15) is 17.6 Å². The van der Waals surface area contributed by atoms with Gasteiger partial charge in [0.2, 0.25) is 0 Å². The molecule has 1 fully saturated rings. The number of halogens is 1. The molecule has 2 aromatic carbocycles. The second-order valence-electron chi connectivity index (χ2n) is 8.88. The van der Waals surface area contributed by atoms with Crippen LogP contribution in [0.25, 0.3) is 5.76 Å². The number of carbonyl (C=O) groups is 2. The number of amides is 1. The predicted octanol–water partition coefficient (Wildman–Crippen LogP) is 4.93. The Morgan fingerprint density at radius 1 is 1.15 bits per heavy atom. The first kappa shape index (κ1) is 24.5. The van der Waals surface area contributed by atoms with Gasteiger partial charge in [-0.05, 0) is 74.4 Å². The lowest BCUT2D eigenvalue weighted by Crippen LogP contribution is -2.33. The van der Waals surface area contributed by atoms with Crippen molar-refractivity contribution in [2.45, 2.75) is 45.8 Å². The van der Waals surface area contributed by atoms with E-state index in [0.717, 1.165) is 53.8 Å². The molecular formula is C27H31BrN2O4. The van der Waals surface area contributed by atoms with Gasteiger partial charge in [0, 0.05) is 23.0 Å². The van der Waals surface area contributed by atoms with Crippen LogP contribution in [0, 0.1) is 0 Å². The smallest absolute Gasteiger partial charge is 0.295 e. The van der Waals surface area contributed by atoms with Crippen molar-refractivity contribution in [3.8, 4) is 5.75 Å². The standard InChI is InChI=1S/C27H31BrN2O4/c1-4-29(5-2)13-6-14-30-24(18-7-10-21(28)11-8-18)23(26(32)27(30)33)25(31)19-9-12-22-20(16-19)15-17(3)34-22/h7-12,16-17,24,31H,4-6,13-15H2,1-3H3/t17-,24-/m0/s1. The van der Waals surface area contributed by atoms with Crippen LogP contribution in [0.4, 0.5) is 0 Å². The number of rotatable bonds is 8. The molecule has 4 rings (SSSR count). The maximum Gasteiger partial charge on any atom is 0.295 e. The van der Waals surface area contributed by atoms with Crippen molar-refractivity contribution >= 4 is 33.4 Å². The summed E-state index contributed by atoms with van der Waals surface area (Å²) in [6, 6.07) is 12.4. The van der Waals surface area contributed by atoms with Crippen LogP contribution in [0.2, 0.25) is 0 Å². The van der Waals surface area contributed by atoms with E-state index in [-0.39, 0.29) is 17.4 Å². The maximum atomic E-state index is 13.2. The van der Waals surface area contributed by atoms with Gasteiger partial charge in [-0.1, -0.05) is 41.9 Å². The highest BCUT2D eigenvalue weighted by Crippen LogP contribution is 2.41. The molecule has 1 saturated heterocycles. The Kier molecular flexibility index (Phi) is 7.43. The van der Waals surface area contributed by atoms with Gasteiger partial charge in [0.15, 0.2) is 0 Å². The Labute approximate surface area is 209 Å². The largest absolute Gasteiger partial charge is 0.507 e. The average Bonchev–Trinajstić information content (AvgIpc) is 3.32. The Bertz CT molecular complexity index is 1110. The van der Waals surface area contributed by atoms with Crippen LogP contribution in [0.1, 0.15) is 49.9 Å². The molecule has 6 nitrogen and oxygen atoms in total. The number of hydrogen-bond acceptors (Lipinski definition) is 5. The summed E-state index contributed by atoms with van der Waals surface area (Å²) in [6.45, 7) is 9.37. The molecule has 0 saturated carbocycles. The normalized spacial score (nSPS) is 21.3. The molecule has 180 valence electrons. The minimum absolute atomic E-state index is 0.0755. The van der Waals surface area contributed by atoms with Crippen molar-refractivity contribution in [3.05, 3.63) is 69.2 Å². The Hall–Kier alpha value is -2.64. The third kappa shape index (κ3) is 4.77. The molecule has 2 aliphatic rings. The van der Waals surface area contributed by atoms with E-state index in [0.29, 0.717) is 12.1 Å². The maximum absolute atomic E-state index is 13.2. The number of nitrogens with zero attached hydrogens (tertiary/aromatic N) is 2. The summed E-state index contributed by atoms with van der Waals surface area (Å²) in [5, 5.41) is 11.3. The van der Waals surface area contributed by atoms with E-state index < -0.39 is 17.7 Å². The summed E-state index contributed by atoms with van der Waals surface area (Å²) in [5.74, 6) is -0.546. The SMILES string of the molecule is CCN(CC)CCCN1C(=O)C(=O)C(=C(O)c2ccc3c(c2)C[C@H](C)O3)[C@@H]1c1ccc(Br)cc1. The molecule has 0 aromatic heterocycles. The first-order chi connectivity index (χ1) is 16.3. The highest BCUT2D eigenvalue weighted by atomic mass is 79.9. The number of ether oxygens (including phenoxy) is 1. The van der Waals surface area contributed by atoms with Gasteiger partial charge >= 0.3 is 0 Å². The van der Waals surface area contributed by atoms with Gasteiger partial charge in [0.25, 0.3) is 11.7 Å². The number of aliphatic hydroxyl groups is 1. The van der Waals surface area contributed by atoms with Crippen LogP contribution < -0.4 is 4.74 Å². The summed E-state index contributed by atoms with van der Waals surface area (Å²) < 4.78 is 6.68. The van der Waals surface area contributed by atoms with E-state index in [4.69, 9.17) is 4.74 Å². The topological polar surface area (TPSA) is 70.1 Å². The number of benzene rings is 2. The number of fused-ring (bicyclic) bond motifs is 1. The fourth-order valence-corrected chi connectivity index (χ4v) is 5.10. The first-order valence-electron chi connectivity index (χ1n) is 11.9. The van der Waals surface area contributed by atoms with Crippen molar-refractivity contribution in [1.29, 1.82) is 0 Å². The van der Waals surface area contributed by atoms with Gasteiger partial charge in [-0.2, -0.15) is 0 Å². The molecule has 7 heteroatoms. The lowest BCUT2D eigenvalue weighted by molar-refractivity contribution is -0.140. The molecule has 2 aromatic rings. The van der Waals surface area contributed by atoms with Gasteiger partial charge < -0.3 is 19.6 Å². The molecule has 1 amide bonds. The van der Waals surface area contributed by atoms with Crippen molar-refractivity contribution in [2.75, 3.05) is 26.2 Å². The molecule has 0 unspecified atom stereocenters. The fourth-order valence-electron chi connectivity index (χ4n) is 4.83. The Balaban J connectivity index is 1.72. The molecular weight excluding hydrogens is 496 g/mol. The van der Waals surface area contributed by atoms with Gasteiger partial charge in [-0.25, -0.2) is 0 Å². The summed E-state index contributed by atoms with van der Waals surface area (Å²) in [7, 11) is 0. The van der Waals surface area contributed by atoms with Gasteiger partial charge in [-0.3, -0.25) is 9.59 Å². The minimum Gasteiger partial charge on any atom is -0.507 e. The fraction of sp³-hybridized carbons (Fsp3) is 0.407. The van der Waals surface area contributed by atoms with Crippen molar-refractivity contribution in [3.63, 3.8) is 0 Å². The summed E-state index contributed by atoms with van der Waals surface area (Å²) in [5.41, 5.74) is 2.46. The van der Waals surface area contributed by atoms with Crippen molar-refractivity contribution in [2.24, 2.45) is 0 Å². The zero-order chi connectivity index (χ0) is 24.4. The molecule has 34 heavy (non-hydrogen) atoms. The monoisotopic (exact) mass is 526 g/mol. The minimum atomic E-state index is -0.640. The van der Waals surface area contributed by atoms with Crippen LogP contribution in [-0.2, 0) is 16.0 Å². The van der Waals surface area contributed by atoms with E-state index in [9.17, 15) is 14.7 Å². The van der Waals surface area contributed by atoms with E-state index in [1.165, 1.54) is 0 Å². The van der Waals surface area contributed by atoms with E-state index >= 15 is 0 Å². The molecule has 0 radical (unpaired) electrons. The van der Waals surface area contributed by atoms with Gasteiger partial charge in [-0.15, -0.1) is 0 Å². The third-order valence-corrected chi connectivity index (χ3v) is 7.19. The number of Topliss-reactive ketones (excluding diaryl/α,β-unsaturated/α-hetero) is 1. The van der Waals surface area contributed by atoms with Crippen LogP contribution in [0.3, 0.4) is 0 Å². The molecule has 0 spiro atoms. The molecule has 2 aliphatic heterocycles. The first-order valence-corrected chi connectivity index (χ1v) is 12.7.